The van der Waals surface area contributed by atoms with E-state index < -0.39 is 23.6 Å². The SMILES string of the molecule is Cc1ncsc1-c1ccc(CNC(=O)[C@@H]2C[C@@H](O)CN2C(=O)C(NC(=O)CC2CCC(c3cnc(N4C5CCC4CN(c4cc(-c6ccccc6O)nnc4N)C5)nc3)CC2)C(C)(C)C)cc1. The van der Waals surface area contributed by atoms with Gasteiger partial charge in [-0.3, -0.25) is 14.4 Å². The summed E-state index contributed by atoms with van der Waals surface area (Å²) < 4.78 is 0. The first kappa shape index (κ1) is 45.9. The summed E-state index contributed by atoms with van der Waals surface area (Å²) in [6.07, 6.45) is 9.13. The highest BCUT2D eigenvalue weighted by Crippen LogP contribution is 2.40. The number of anilines is 3. The predicted molar refractivity (Wildman–Crippen MR) is 258 cm³/mol. The van der Waals surface area contributed by atoms with Crippen molar-refractivity contribution in [3.8, 4) is 27.4 Å². The fourth-order valence-electron chi connectivity index (χ4n) is 10.5. The van der Waals surface area contributed by atoms with Crippen LogP contribution in [0.15, 0.2) is 72.5 Å². The second kappa shape index (κ2) is 19.2. The number of aliphatic hydroxyl groups is 1. The summed E-state index contributed by atoms with van der Waals surface area (Å²) in [6, 6.07) is 15.7. The summed E-state index contributed by atoms with van der Waals surface area (Å²) in [5.41, 5.74) is 13.6. The van der Waals surface area contributed by atoms with Crippen molar-refractivity contribution in [1.82, 2.24) is 40.7 Å². The van der Waals surface area contributed by atoms with Gasteiger partial charge in [0.05, 0.1) is 33.6 Å². The monoisotopic (exact) mass is 927 g/mol. The van der Waals surface area contributed by atoms with Crippen LogP contribution >= 0.6 is 11.3 Å². The third kappa shape index (κ3) is 9.94. The number of aromatic hydroxyl groups is 1. The lowest BCUT2D eigenvalue weighted by atomic mass is 9.78. The number of thiazole rings is 1. The molecule has 16 nitrogen and oxygen atoms in total. The third-order valence-electron chi connectivity index (χ3n) is 14.2. The van der Waals surface area contributed by atoms with Crippen LogP contribution in [0, 0.1) is 18.3 Å². The molecule has 3 aliphatic heterocycles. The van der Waals surface area contributed by atoms with Crippen LogP contribution in [0.25, 0.3) is 21.7 Å². The zero-order valence-corrected chi connectivity index (χ0v) is 39.5. The summed E-state index contributed by atoms with van der Waals surface area (Å²) in [5, 5.41) is 35.7. The van der Waals surface area contributed by atoms with Crippen LogP contribution in [-0.2, 0) is 20.9 Å². The number of phenolic OH excluding ortho intramolecular Hbond substituents is 1. The number of carbonyl (C=O) groups excluding carboxylic acids is 3. The Balaban J connectivity index is 0.760. The van der Waals surface area contributed by atoms with E-state index in [0.29, 0.717) is 29.4 Å². The largest absolute Gasteiger partial charge is 0.507 e. The van der Waals surface area contributed by atoms with Crippen LogP contribution in [0.3, 0.4) is 0 Å². The molecule has 6 heterocycles. The lowest BCUT2D eigenvalue weighted by molar-refractivity contribution is -0.144. The van der Waals surface area contributed by atoms with Crippen LogP contribution in [-0.4, -0.2) is 108 Å². The number of nitrogens with two attached hydrogens (primary N) is 1. The Morgan fingerprint density at radius 2 is 1.61 bits per heavy atom. The highest BCUT2D eigenvalue weighted by Gasteiger charge is 2.45. The van der Waals surface area contributed by atoms with Crippen LogP contribution in [0.4, 0.5) is 17.5 Å². The molecule has 1 aliphatic carbocycles. The Hall–Kier alpha value is -6.20. The normalized spacial score (nSPS) is 23.3. The second-order valence-electron chi connectivity index (χ2n) is 19.9. The van der Waals surface area contributed by atoms with Crippen molar-refractivity contribution >= 4 is 46.5 Å². The zero-order valence-electron chi connectivity index (χ0n) is 38.6. The molecular weight excluding hydrogens is 867 g/mol. The number of piperazine rings is 1. The van der Waals surface area contributed by atoms with Crippen LogP contribution in [0.5, 0.6) is 5.75 Å². The Bertz CT molecular complexity index is 2560. The summed E-state index contributed by atoms with van der Waals surface area (Å²) in [4.78, 5) is 62.8. The highest BCUT2D eigenvalue weighted by molar-refractivity contribution is 7.13. The molecule has 9 rings (SSSR count). The van der Waals surface area contributed by atoms with Gasteiger partial charge < -0.3 is 41.3 Å². The van der Waals surface area contributed by atoms with E-state index in [4.69, 9.17) is 15.7 Å². The fraction of sp³-hybridized carbons (Fsp3) is 0.480. The highest BCUT2D eigenvalue weighted by atomic mass is 32.1. The number of likely N-dealkylation sites (tertiary alicyclic amines) is 1. The maximum absolute atomic E-state index is 14.2. The molecule has 3 unspecified atom stereocenters. The van der Waals surface area contributed by atoms with Gasteiger partial charge in [0, 0.05) is 69.1 Å². The molecule has 67 heavy (non-hydrogen) atoms. The van der Waals surface area contributed by atoms with E-state index in [0.717, 1.165) is 90.5 Å². The van der Waals surface area contributed by atoms with Crippen LogP contribution in [0.1, 0.15) is 94.9 Å². The quantitative estimate of drug-likeness (QED) is 0.0975. The summed E-state index contributed by atoms with van der Waals surface area (Å²) >= 11 is 1.59. The first-order chi connectivity index (χ1) is 32.2. The molecule has 0 radical (unpaired) electrons. The maximum atomic E-state index is 14.2. The van der Waals surface area contributed by atoms with Gasteiger partial charge >= 0.3 is 0 Å². The molecule has 1 saturated carbocycles. The van der Waals surface area contributed by atoms with Gasteiger partial charge in [0.25, 0.3) is 0 Å². The molecule has 4 fully saturated rings. The number of rotatable bonds is 12. The number of aliphatic hydroxyl groups excluding tert-OH is 1. The molecule has 3 aromatic heterocycles. The molecule has 5 atom stereocenters. The fourth-order valence-corrected chi connectivity index (χ4v) is 11.3. The van der Waals surface area contributed by atoms with E-state index in [1.54, 1.807) is 23.5 Å². The number of carbonyl (C=O) groups is 3. The lowest BCUT2D eigenvalue weighted by Crippen LogP contribution is -2.57. The molecule has 6 N–H and O–H groups in total. The summed E-state index contributed by atoms with van der Waals surface area (Å²) in [6.45, 7) is 9.49. The van der Waals surface area contributed by atoms with E-state index in [-0.39, 0.29) is 61.0 Å². The number of hydrogen-bond acceptors (Lipinski definition) is 14. The zero-order chi connectivity index (χ0) is 47.0. The van der Waals surface area contributed by atoms with Gasteiger partial charge in [-0.05, 0) is 97.6 Å². The van der Waals surface area contributed by atoms with Gasteiger partial charge in [0.15, 0.2) is 5.82 Å². The van der Waals surface area contributed by atoms with Gasteiger partial charge in [-0.1, -0.05) is 57.2 Å². The second-order valence-corrected chi connectivity index (χ2v) is 20.8. The third-order valence-corrected chi connectivity index (χ3v) is 15.2. The van der Waals surface area contributed by atoms with Crippen molar-refractivity contribution < 1.29 is 24.6 Å². The summed E-state index contributed by atoms with van der Waals surface area (Å²) in [7, 11) is 0. The number of nitrogen functional groups attached to an aromatic ring is 1. The number of para-hydroxylation sites is 1. The molecule has 5 aromatic rings. The van der Waals surface area contributed by atoms with Gasteiger partial charge in [0.1, 0.15) is 17.8 Å². The van der Waals surface area contributed by atoms with E-state index in [1.807, 2.05) is 88.1 Å². The number of nitrogens with one attached hydrogen (secondary N) is 2. The predicted octanol–water partition coefficient (Wildman–Crippen LogP) is 5.98. The molecule has 3 amide bonds. The molecule has 2 aromatic carbocycles. The number of aryl methyl sites for hydroxylation is 1. The van der Waals surface area contributed by atoms with Crippen LogP contribution in [0.2, 0.25) is 0 Å². The average molecular weight is 928 g/mol. The van der Waals surface area contributed by atoms with Crippen molar-refractivity contribution in [2.24, 2.45) is 11.3 Å². The Morgan fingerprint density at radius 3 is 2.27 bits per heavy atom. The van der Waals surface area contributed by atoms with Gasteiger partial charge in [-0.25, -0.2) is 15.0 Å². The van der Waals surface area contributed by atoms with E-state index >= 15 is 0 Å². The first-order valence-electron chi connectivity index (χ1n) is 23.5. The Labute approximate surface area is 395 Å². The van der Waals surface area contributed by atoms with Gasteiger partial charge in [-0.2, -0.15) is 0 Å². The van der Waals surface area contributed by atoms with Crippen molar-refractivity contribution in [3.63, 3.8) is 0 Å². The minimum Gasteiger partial charge on any atom is -0.507 e. The molecule has 4 aliphatic rings. The van der Waals surface area contributed by atoms with Crippen molar-refractivity contribution in [1.29, 1.82) is 0 Å². The molecule has 3 saturated heterocycles. The number of benzene rings is 2. The van der Waals surface area contributed by atoms with E-state index in [9.17, 15) is 24.6 Å². The number of aromatic nitrogens is 5. The van der Waals surface area contributed by atoms with Crippen LogP contribution < -0.4 is 26.2 Å². The van der Waals surface area contributed by atoms with Crippen molar-refractivity contribution in [2.75, 3.05) is 35.2 Å². The molecular formula is C50H61N11O5S. The molecule has 17 heteroatoms. The number of β-amino-alcohol motifs (C(OH)–C–C–N with tert-alkyl or cyclic N) is 1. The van der Waals surface area contributed by atoms with Crippen molar-refractivity contribution in [2.45, 2.75) is 122 Å². The van der Waals surface area contributed by atoms with Gasteiger partial charge in [-0.15, -0.1) is 21.5 Å². The lowest BCUT2D eigenvalue weighted by Gasteiger charge is -2.42. The standard InChI is InChI=1S/C50H61N11O5S/c1-29-44(67-28-55-29)33-15-11-31(12-16-33)22-52-47(65)41-20-37(62)27-60(41)48(66)45(50(2,3)4)56-43(64)19-30-9-13-32(14-10-30)34-23-53-49(54-24-34)61-35-17-18-36(61)26-59(25-35)40-21-39(57-58-46(40)51)38-7-5-6-8-42(38)63/h5-8,11-12,15-16,21,23-24,28,30,32,35-37,41,45,62-63H,9-10,13-14,17-20,22,25-27H2,1-4H3,(H2,51,58)(H,52,65)(H,56,64)/t30?,32?,35?,36?,37-,41+,45?/m1/s1. The number of phenols is 1. The topological polar surface area (TPSA) is 216 Å². The number of hydrogen-bond donors (Lipinski definition) is 5. The summed E-state index contributed by atoms with van der Waals surface area (Å²) in [5.74, 6) is 0.827. The van der Waals surface area contributed by atoms with Gasteiger partial charge in [0.2, 0.25) is 23.7 Å². The number of nitrogens with zero attached hydrogens (tertiary/aromatic N) is 8. The molecule has 0 spiro atoms. The Kier molecular flexibility index (Phi) is 13.2. The Morgan fingerprint density at radius 1 is 0.910 bits per heavy atom. The molecule has 2 bridgehead atoms. The van der Waals surface area contributed by atoms with E-state index in [1.165, 1.54) is 4.90 Å². The minimum absolute atomic E-state index is 0.0260. The smallest absolute Gasteiger partial charge is 0.246 e. The average Bonchev–Trinajstić information content (AvgIpc) is 4.01. The van der Waals surface area contributed by atoms with Crippen molar-refractivity contribution in [3.05, 3.63) is 89.3 Å². The number of amides is 3. The molecule has 352 valence electrons. The number of fused-ring (bicyclic) bond motifs is 2. The minimum atomic E-state index is -0.873. The maximum Gasteiger partial charge on any atom is 0.246 e. The first-order valence-corrected chi connectivity index (χ1v) is 24.4. The van der Waals surface area contributed by atoms with E-state index in [2.05, 4.69) is 35.6 Å².